The molecule has 2 amide bonds. The second-order valence-electron chi connectivity index (χ2n) is 8.44. The fraction of sp³-hybridized carbons (Fsp3) is 0.310. The smallest absolute Gasteiger partial charge is 0.261 e. The van der Waals surface area contributed by atoms with Gasteiger partial charge in [0.2, 0.25) is 5.91 Å². The number of nitrogens with one attached hydrogen (secondary N) is 1. The molecule has 0 spiro atoms. The van der Waals surface area contributed by atoms with Crippen molar-refractivity contribution in [2.24, 2.45) is 0 Å². The summed E-state index contributed by atoms with van der Waals surface area (Å²) in [5, 5.41) is 3.03. The minimum absolute atomic E-state index is 0.173. The summed E-state index contributed by atoms with van der Waals surface area (Å²) in [6.45, 7) is 2.69. The predicted octanol–water partition coefficient (Wildman–Crippen LogP) is 5.39. The van der Waals surface area contributed by atoms with Gasteiger partial charge < -0.3 is 19.7 Å². The van der Waals surface area contributed by atoms with E-state index in [2.05, 4.69) is 28.2 Å². The van der Waals surface area contributed by atoms with Crippen molar-refractivity contribution in [1.82, 2.24) is 10.2 Å². The Hall–Kier alpha value is -3.32. The molecule has 1 unspecified atom stereocenters. The molecule has 0 aliphatic heterocycles. The number of ether oxygens (including phenoxy) is 2. The largest absolute Gasteiger partial charge is 0.493 e. The zero-order chi connectivity index (χ0) is 25.8. The number of nitrogens with zero attached hydrogens (tertiary/aromatic N) is 1. The number of methoxy groups -OCH3 is 1. The van der Waals surface area contributed by atoms with E-state index in [1.54, 1.807) is 24.1 Å². The number of halogens is 1. The lowest BCUT2D eigenvalue weighted by Gasteiger charge is -2.31. The van der Waals surface area contributed by atoms with Crippen LogP contribution in [0.15, 0.2) is 83.3 Å². The normalized spacial score (nSPS) is 11.4. The molecule has 36 heavy (non-hydrogen) atoms. The zero-order valence-corrected chi connectivity index (χ0v) is 22.4. The summed E-state index contributed by atoms with van der Waals surface area (Å²) in [7, 11) is 1.56. The second kappa shape index (κ2) is 14.3. The van der Waals surface area contributed by atoms with Crippen LogP contribution >= 0.6 is 15.9 Å². The summed E-state index contributed by atoms with van der Waals surface area (Å²) in [4.78, 5) is 28.7. The van der Waals surface area contributed by atoms with Gasteiger partial charge in [-0.15, -0.1) is 0 Å². The minimum atomic E-state index is -0.697. The number of benzene rings is 3. The lowest BCUT2D eigenvalue weighted by atomic mass is 10.0. The van der Waals surface area contributed by atoms with Crippen molar-refractivity contribution in [3.8, 4) is 11.5 Å². The van der Waals surface area contributed by atoms with E-state index in [0.29, 0.717) is 24.5 Å². The van der Waals surface area contributed by atoms with Crippen LogP contribution in [0.25, 0.3) is 0 Å². The van der Waals surface area contributed by atoms with E-state index in [0.717, 1.165) is 28.4 Å². The standard InChI is InChI=1S/C29H33BrN2O4/c1-3-4-17-31-29(34)25(19-22-11-6-5-7-12-22)32(20-23-13-10-14-24(30)18-23)28(33)21-36-27-16-9-8-15-26(27)35-2/h5-16,18,25H,3-4,17,19-21H2,1-2H3,(H,31,34). The topological polar surface area (TPSA) is 67.9 Å². The fourth-order valence-corrected chi connectivity index (χ4v) is 4.30. The molecule has 3 aromatic rings. The zero-order valence-electron chi connectivity index (χ0n) is 20.8. The maximum absolute atomic E-state index is 13.6. The number of amides is 2. The van der Waals surface area contributed by atoms with Gasteiger partial charge in [-0.25, -0.2) is 0 Å². The highest BCUT2D eigenvalue weighted by Crippen LogP contribution is 2.26. The van der Waals surface area contributed by atoms with Crippen LogP contribution in [0.2, 0.25) is 0 Å². The lowest BCUT2D eigenvalue weighted by molar-refractivity contribution is -0.142. The second-order valence-corrected chi connectivity index (χ2v) is 9.36. The SMILES string of the molecule is CCCCNC(=O)C(Cc1ccccc1)N(Cc1cccc(Br)c1)C(=O)COc1ccccc1OC. The first-order chi connectivity index (χ1) is 17.5. The average molecular weight is 553 g/mol. The number of unbranched alkanes of at least 4 members (excludes halogenated alkanes) is 1. The molecule has 6 nitrogen and oxygen atoms in total. The fourth-order valence-electron chi connectivity index (χ4n) is 3.85. The molecule has 0 saturated heterocycles. The molecular weight excluding hydrogens is 520 g/mol. The first-order valence-corrected chi connectivity index (χ1v) is 12.9. The Labute approximate surface area is 221 Å². The van der Waals surface area contributed by atoms with Crippen molar-refractivity contribution in [3.63, 3.8) is 0 Å². The van der Waals surface area contributed by atoms with Crippen LogP contribution in [-0.2, 0) is 22.6 Å². The molecule has 3 aromatic carbocycles. The number of rotatable bonds is 13. The molecular formula is C29H33BrN2O4. The highest BCUT2D eigenvalue weighted by atomic mass is 79.9. The van der Waals surface area contributed by atoms with Crippen LogP contribution in [0.3, 0.4) is 0 Å². The average Bonchev–Trinajstić information content (AvgIpc) is 2.90. The van der Waals surface area contributed by atoms with E-state index in [-0.39, 0.29) is 25.0 Å². The van der Waals surface area contributed by atoms with E-state index in [4.69, 9.17) is 9.47 Å². The minimum Gasteiger partial charge on any atom is -0.493 e. The first-order valence-electron chi connectivity index (χ1n) is 12.1. The molecule has 0 aliphatic rings. The summed E-state index contributed by atoms with van der Waals surface area (Å²) >= 11 is 3.51. The molecule has 0 saturated carbocycles. The molecule has 0 aromatic heterocycles. The number of carbonyl (C=O) groups excluding carboxylic acids is 2. The summed E-state index contributed by atoms with van der Waals surface area (Å²) < 4.78 is 12.1. The van der Waals surface area contributed by atoms with Crippen LogP contribution in [0.1, 0.15) is 30.9 Å². The molecule has 7 heteroatoms. The molecule has 0 radical (unpaired) electrons. The Bertz CT molecular complexity index is 1120. The van der Waals surface area contributed by atoms with Crippen LogP contribution in [0, 0.1) is 0 Å². The van der Waals surface area contributed by atoms with E-state index >= 15 is 0 Å². The third kappa shape index (κ3) is 8.12. The number of hydrogen-bond donors (Lipinski definition) is 1. The van der Waals surface area contributed by atoms with E-state index in [1.807, 2.05) is 66.7 Å². The van der Waals surface area contributed by atoms with Crippen LogP contribution in [0.4, 0.5) is 0 Å². The quantitative estimate of drug-likeness (QED) is 0.288. The first kappa shape index (κ1) is 27.3. The lowest BCUT2D eigenvalue weighted by Crippen LogP contribution is -2.51. The summed E-state index contributed by atoms with van der Waals surface area (Å²) in [6.07, 6.45) is 2.24. The number of para-hydroxylation sites is 2. The van der Waals surface area contributed by atoms with E-state index < -0.39 is 6.04 Å². The van der Waals surface area contributed by atoms with Gasteiger partial charge in [0, 0.05) is 24.0 Å². The Kier molecular flexibility index (Phi) is 10.8. The molecule has 0 bridgehead atoms. The number of carbonyl (C=O) groups is 2. The highest BCUT2D eigenvalue weighted by molar-refractivity contribution is 9.10. The van der Waals surface area contributed by atoms with Crippen molar-refractivity contribution < 1.29 is 19.1 Å². The summed E-state index contributed by atoms with van der Waals surface area (Å²) in [6, 6.07) is 24.0. The summed E-state index contributed by atoms with van der Waals surface area (Å²) in [5.74, 6) is 0.560. The van der Waals surface area contributed by atoms with Gasteiger partial charge in [-0.05, 0) is 41.8 Å². The summed E-state index contributed by atoms with van der Waals surface area (Å²) in [5.41, 5.74) is 1.89. The van der Waals surface area contributed by atoms with Crippen molar-refractivity contribution in [1.29, 1.82) is 0 Å². The number of hydrogen-bond acceptors (Lipinski definition) is 4. The Balaban J connectivity index is 1.90. The molecule has 190 valence electrons. The van der Waals surface area contributed by atoms with Crippen LogP contribution < -0.4 is 14.8 Å². The van der Waals surface area contributed by atoms with Gasteiger partial charge in [0.1, 0.15) is 6.04 Å². The highest BCUT2D eigenvalue weighted by Gasteiger charge is 2.30. The van der Waals surface area contributed by atoms with Crippen LogP contribution in [0.5, 0.6) is 11.5 Å². The van der Waals surface area contributed by atoms with Crippen molar-refractivity contribution >= 4 is 27.7 Å². The van der Waals surface area contributed by atoms with E-state index in [1.165, 1.54) is 0 Å². The van der Waals surface area contributed by atoms with Crippen molar-refractivity contribution in [3.05, 3.63) is 94.5 Å². The van der Waals surface area contributed by atoms with Gasteiger partial charge in [-0.1, -0.05) is 83.9 Å². The molecule has 1 atom stereocenters. The van der Waals surface area contributed by atoms with Gasteiger partial charge in [0.15, 0.2) is 18.1 Å². The predicted molar refractivity (Wildman–Crippen MR) is 145 cm³/mol. The van der Waals surface area contributed by atoms with Gasteiger partial charge in [0.05, 0.1) is 7.11 Å². The molecule has 0 heterocycles. The third-order valence-corrected chi connectivity index (χ3v) is 6.26. The van der Waals surface area contributed by atoms with Crippen LogP contribution in [-0.4, -0.2) is 43.0 Å². The van der Waals surface area contributed by atoms with Gasteiger partial charge in [-0.2, -0.15) is 0 Å². The van der Waals surface area contributed by atoms with E-state index in [9.17, 15) is 9.59 Å². The van der Waals surface area contributed by atoms with Gasteiger partial charge in [-0.3, -0.25) is 9.59 Å². The molecule has 0 aliphatic carbocycles. The molecule has 3 rings (SSSR count). The molecule has 1 N–H and O–H groups in total. The maximum Gasteiger partial charge on any atom is 0.261 e. The van der Waals surface area contributed by atoms with Crippen molar-refractivity contribution in [2.45, 2.75) is 38.8 Å². The Morgan fingerprint density at radius 1 is 0.944 bits per heavy atom. The van der Waals surface area contributed by atoms with Crippen molar-refractivity contribution in [2.75, 3.05) is 20.3 Å². The third-order valence-electron chi connectivity index (χ3n) is 5.76. The Morgan fingerprint density at radius 3 is 2.33 bits per heavy atom. The maximum atomic E-state index is 13.6. The van der Waals surface area contributed by atoms with Gasteiger partial charge in [0.25, 0.3) is 5.91 Å². The monoisotopic (exact) mass is 552 g/mol. The van der Waals surface area contributed by atoms with Gasteiger partial charge >= 0.3 is 0 Å². The Morgan fingerprint density at radius 2 is 1.64 bits per heavy atom. The molecule has 0 fully saturated rings.